The SMILES string of the molecule is CC(C)C(NC(=O)c1c(F)cccc1F)C(=O)NCC1(c2cccc(F)c2)CCOCC1. The molecule has 1 heterocycles. The maximum atomic E-state index is 14.0. The minimum atomic E-state index is -1.01. The molecule has 1 saturated heterocycles. The fourth-order valence-electron chi connectivity index (χ4n) is 3.98. The molecule has 0 aliphatic carbocycles. The van der Waals surface area contributed by atoms with Crippen LogP contribution in [0.4, 0.5) is 13.2 Å². The number of carbonyl (C=O) groups is 2. The van der Waals surface area contributed by atoms with Gasteiger partial charge >= 0.3 is 0 Å². The summed E-state index contributed by atoms with van der Waals surface area (Å²) in [6, 6.07) is 8.39. The molecule has 0 saturated carbocycles. The van der Waals surface area contributed by atoms with Crippen molar-refractivity contribution in [2.24, 2.45) is 5.92 Å². The Morgan fingerprint density at radius 1 is 1.03 bits per heavy atom. The molecule has 2 aromatic carbocycles. The standard InChI is InChI=1S/C24H27F3N2O3/c1-15(2)21(29-22(30)20-18(26)7-4-8-19(20)27)23(31)28-14-24(9-11-32-12-10-24)16-5-3-6-17(25)13-16/h3-8,13,15,21H,9-12,14H2,1-2H3,(H,28,31)(H,29,30). The molecule has 172 valence electrons. The van der Waals surface area contributed by atoms with Gasteiger partial charge in [0.25, 0.3) is 5.91 Å². The predicted octanol–water partition coefficient (Wildman–Crippen LogP) is 3.72. The van der Waals surface area contributed by atoms with Crippen molar-refractivity contribution >= 4 is 11.8 Å². The summed E-state index contributed by atoms with van der Waals surface area (Å²) in [5.74, 6) is -4.18. The van der Waals surface area contributed by atoms with Crippen LogP contribution in [0.2, 0.25) is 0 Å². The molecule has 0 spiro atoms. The lowest BCUT2D eigenvalue weighted by molar-refractivity contribution is -0.124. The van der Waals surface area contributed by atoms with Gasteiger partial charge in [-0.1, -0.05) is 32.0 Å². The first kappa shape index (κ1) is 23.8. The lowest BCUT2D eigenvalue weighted by atomic mass is 9.74. The highest BCUT2D eigenvalue weighted by Gasteiger charge is 2.36. The number of hydrogen-bond acceptors (Lipinski definition) is 3. The number of rotatable bonds is 7. The minimum absolute atomic E-state index is 0.214. The number of benzene rings is 2. The van der Waals surface area contributed by atoms with E-state index in [1.807, 2.05) is 6.07 Å². The summed E-state index contributed by atoms with van der Waals surface area (Å²) < 4.78 is 47.3. The molecule has 2 N–H and O–H groups in total. The zero-order chi connectivity index (χ0) is 23.3. The molecule has 1 unspecified atom stereocenters. The van der Waals surface area contributed by atoms with Crippen LogP contribution < -0.4 is 10.6 Å². The van der Waals surface area contributed by atoms with Gasteiger partial charge in [0.05, 0.1) is 0 Å². The molecule has 0 aromatic heterocycles. The van der Waals surface area contributed by atoms with E-state index in [1.165, 1.54) is 12.1 Å². The maximum absolute atomic E-state index is 14.0. The van der Waals surface area contributed by atoms with Gasteiger partial charge in [-0.2, -0.15) is 0 Å². The van der Waals surface area contributed by atoms with Gasteiger partial charge < -0.3 is 15.4 Å². The highest BCUT2D eigenvalue weighted by atomic mass is 19.1. The van der Waals surface area contributed by atoms with Crippen molar-refractivity contribution in [3.05, 3.63) is 71.0 Å². The second kappa shape index (κ2) is 10.2. The minimum Gasteiger partial charge on any atom is -0.381 e. The van der Waals surface area contributed by atoms with Crippen LogP contribution in [0.5, 0.6) is 0 Å². The monoisotopic (exact) mass is 448 g/mol. The molecule has 32 heavy (non-hydrogen) atoms. The zero-order valence-corrected chi connectivity index (χ0v) is 18.1. The van der Waals surface area contributed by atoms with Crippen molar-refractivity contribution in [1.82, 2.24) is 10.6 Å². The van der Waals surface area contributed by atoms with Gasteiger partial charge in [0, 0.05) is 25.2 Å². The fourth-order valence-corrected chi connectivity index (χ4v) is 3.98. The fraction of sp³-hybridized carbons (Fsp3) is 0.417. The topological polar surface area (TPSA) is 67.4 Å². The average Bonchev–Trinajstić information content (AvgIpc) is 2.76. The molecule has 1 atom stereocenters. The number of amides is 2. The summed E-state index contributed by atoms with van der Waals surface area (Å²) in [7, 11) is 0. The van der Waals surface area contributed by atoms with Crippen molar-refractivity contribution < 1.29 is 27.5 Å². The Labute approximate surface area is 185 Å². The molecule has 3 rings (SSSR count). The van der Waals surface area contributed by atoms with Crippen LogP contribution in [-0.4, -0.2) is 37.6 Å². The van der Waals surface area contributed by atoms with Crippen molar-refractivity contribution in [3.8, 4) is 0 Å². The van der Waals surface area contributed by atoms with Gasteiger partial charge in [-0.05, 0) is 48.6 Å². The third-order valence-electron chi connectivity index (χ3n) is 5.91. The zero-order valence-electron chi connectivity index (χ0n) is 18.1. The van der Waals surface area contributed by atoms with Crippen molar-refractivity contribution in [2.75, 3.05) is 19.8 Å². The van der Waals surface area contributed by atoms with Crippen molar-refractivity contribution in [1.29, 1.82) is 0 Å². The molecular weight excluding hydrogens is 421 g/mol. The van der Waals surface area contributed by atoms with Crippen molar-refractivity contribution in [2.45, 2.75) is 38.1 Å². The first-order valence-corrected chi connectivity index (χ1v) is 10.6. The van der Waals surface area contributed by atoms with E-state index in [0.717, 1.165) is 23.8 Å². The van der Waals surface area contributed by atoms with E-state index in [0.29, 0.717) is 26.1 Å². The van der Waals surface area contributed by atoms with E-state index in [4.69, 9.17) is 4.74 Å². The molecule has 1 aliphatic heterocycles. The molecule has 5 nitrogen and oxygen atoms in total. The van der Waals surface area contributed by atoms with E-state index < -0.39 is 40.5 Å². The molecule has 0 radical (unpaired) electrons. The van der Waals surface area contributed by atoms with E-state index in [2.05, 4.69) is 10.6 Å². The Hall–Kier alpha value is -2.87. The summed E-state index contributed by atoms with van der Waals surface area (Å²) in [5.41, 5.74) is -0.481. The van der Waals surface area contributed by atoms with Gasteiger partial charge in [-0.3, -0.25) is 9.59 Å². The first-order valence-electron chi connectivity index (χ1n) is 10.6. The predicted molar refractivity (Wildman–Crippen MR) is 114 cm³/mol. The Morgan fingerprint density at radius 2 is 1.66 bits per heavy atom. The third kappa shape index (κ3) is 5.30. The molecule has 2 amide bonds. The number of carbonyl (C=O) groups excluding carboxylic acids is 2. The lowest BCUT2D eigenvalue weighted by Gasteiger charge is -2.38. The first-order chi connectivity index (χ1) is 15.2. The van der Waals surface area contributed by atoms with Crippen LogP contribution in [0.1, 0.15) is 42.6 Å². The third-order valence-corrected chi connectivity index (χ3v) is 5.91. The second-order valence-corrected chi connectivity index (χ2v) is 8.41. The van der Waals surface area contributed by atoms with Crippen molar-refractivity contribution in [3.63, 3.8) is 0 Å². The molecule has 2 aromatic rings. The van der Waals surface area contributed by atoms with Gasteiger partial charge in [-0.25, -0.2) is 13.2 Å². The van der Waals surface area contributed by atoms with Crippen LogP contribution in [0, 0.1) is 23.4 Å². The Balaban J connectivity index is 1.76. The van der Waals surface area contributed by atoms with Crippen LogP contribution in [0.3, 0.4) is 0 Å². The largest absolute Gasteiger partial charge is 0.381 e. The molecular formula is C24H27F3N2O3. The average molecular weight is 448 g/mol. The second-order valence-electron chi connectivity index (χ2n) is 8.41. The summed E-state index contributed by atoms with van der Waals surface area (Å²) in [5, 5.41) is 5.31. The summed E-state index contributed by atoms with van der Waals surface area (Å²) >= 11 is 0. The van der Waals surface area contributed by atoms with Crippen LogP contribution in [0.25, 0.3) is 0 Å². The normalized spacial score (nSPS) is 16.4. The van der Waals surface area contributed by atoms with E-state index in [1.54, 1.807) is 19.9 Å². The quantitative estimate of drug-likeness (QED) is 0.679. The Morgan fingerprint density at radius 3 is 2.25 bits per heavy atom. The highest BCUT2D eigenvalue weighted by molar-refractivity contribution is 5.98. The molecule has 1 aliphatic rings. The number of halogens is 3. The van der Waals surface area contributed by atoms with Crippen LogP contribution >= 0.6 is 0 Å². The smallest absolute Gasteiger partial charge is 0.257 e. The van der Waals surface area contributed by atoms with Gasteiger partial charge in [-0.15, -0.1) is 0 Å². The van der Waals surface area contributed by atoms with E-state index in [9.17, 15) is 22.8 Å². The van der Waals surface area contributed by atoms with Crippen LogP contribution in [0.15, 0.2) is 42.5 Å². The van der Waals surface area contributed by atoms with E-state index >= 15 is 0 Å². The van der Waals surface area contributed by atoms with Gasteiger partial charge in [0.15, 0.2) is 0 Å². The molecule has 8 heteroatoms. The molecule has 1 fully saturated rings. The van der Waals surface area contributed by atoms with Gasteiger partial charge in [0.1, 0.15) is 29.1 Å². The highest BCUT2D eigenvalue weighted by Crippen LogP contribution is 2.34. The maximum Gasteiger partial charge on any atom is 0.257 e. The van der Waals surface area contributed by atoms with Crippen LogP contribution in [-0.2, 0) is 14.9 Å². The van der Waals surface area contributed by atoms with Gasteiger partial charge in [0.2, 0.25) is 5.91 Å². The lowest BCUT2D eigenvalue weighted by Crippen LogP contribution is -2.53. The van der Waals surface area contributed by atoms with E-state index in [-0.39, 0.29) is 18.3 Å². The Bertz CT molecular complexity index is 954. The summed E-state index contributed by atoms with van der Waals surface area (Å²) in [6.45, 7) is 4.61. The summed E-state index contributed by atoms with van der Waals surface area (Å²) in [6.07, 6.45) is 1.19. The number of nitrogens with one attached hydrogen (secondary N) is 2. The summed E-state index contributed by atoms with van der Waals surface area (Å²) in [4.78, 5) is 25.5. The number of ether oxygens (including phenoxy) is 1. The molecule has 0 bridgehead atoms. The Kier molecular flexibility index (Phi) is 7.56. The number of hydrogen-bond donors (Lipinski definition) is 2.